The van der Waals surface area contributed by atoms with Crippen molar-refractivity contribution in [1.29, 1.82) is 0 Å². The fourth-order valence-electron chi connectivity index (χ4n) is 5.16. The van der Waals surface area contributed by atoms with E-state index in [1.54, 1.807) is 0 Å². The summed E-state index contributed by atoms with van der Waals surface area (Å²) in [6, 6.07) is 38.6. The topological polar surface area (TPSA) is 36.9 Å². The molecule has 0 aromatic heterocycles. The summed E-state index contributed by atoms with van der Waals surface area (Å²) in [7, 11) is 0. The molecule has 0 saturated heterocycles. The molecule has 0 saturated carbocycles. The van der Waals surface area contributed by atoms with Gasteiger partial charge in [-0.05, 0) is 53.5 Å². The Bertz CT molecular complexity index is 1320. The first kappa shape index (κ1) is 27.7. The lowest BCUT2D eigenvalue weighted by Crippen LogP contribution is -2.50. The summed E-state index contributed by atoms with van der Waals surface area (Å²) in [5, 5.41) is 0. The summed E-state index contributed by atoms with van der Waals surface area (Å²) < 4.78 is 25.8. The Morgan fingerprint density at radius 2 is 1.02 bits per heavy atom. The molecular weight excluding hydrogens is 496 g/mol. The van der Waals surface area contributed by atoms with Gasteiger partial charge < -0.3 is 18.9 Å². The summed E-state index contributed by atoms with van der Waals surface area (Å²) in [5.74, 6) is 1.79. The molecule has 4 nitrogen and oxygen atoms in total. The Labute approximate surface area is 238 Å². The van der Waals surface area contributed by atoms with Crippen molar-refractivity contribution < 1.29 is 18.9 Å². The van der Waals surface area contributed by atoms with E-state index in [9.17, 15) is 0 Å². The van der Waals surface area contributed by atoms with Crippen molar-refractivity contribution in [2.75, 3.05) is 0 Å². The van der Waals surface area contributed by atoms with Gasteiger partial charge in [-0.15, -0.1) is 0 Å². The first-order chi connectivity index (χ1) is 19.7. The van der Waals surface area contributed by atoms with Gasteiger partial charge in [-0.2, -0.15) is 0 Å². The van der Waals surface area contributed by atoms with Gasteiger partial charge in [0.2, 0.25) is 0 Å². The van der Waals surface area contributed by atoms with Crippen molar-refractivity contribution in [3.8, 4) is 11.5 Å². The zero-order valence-electron chi connectivity index (χ0n) is 23.3. The molecule has 0 N–H and O–H groups in total. The minimum absolute atomic E-state index is 0.151. The highest BCUT2D eigenvalue weighted by atomic mass is 16.6. The summed E-state index contributed by atoms with van der Waals surface area (Å²) in [4.78, 5) is 0. The number of benzene rings is 4. The molecule has 0 heterocycles. The van der Waals surface area contributed by atoms with Gasteiger partial charge in [0.25, 0.3) is 0 Å². The highest BCUT2D eigenvalue weighted by molar-refractivity contribution is 5.33. The van der Waals surface area contributed by atoms with Gasteiger partial charge in [-0.3, -0.25) is 0 Å². The third-order valence-corrected chi connectivity index (χ3v) is 7.43. The van der Waals surface area contributed by atoms with Crippen LogP contribution < -0.4 is 9.47 Å². The van der Waals surface area contributed by atoms with Gasteiger partial charge in [0.15, 0.2) is 0 Å². The first-order valence-electron chi connectivity index (χ1n) is 14.1. The van der Waals surface area contributed by atoms with Crippen molar-refractivity contribution in [3.63, 3.8) is 0 Å². The summed E-state index contributed by atoms with van der Waals surface area (Å²) in [6.45, 7) is 5.97. The molecule has 4 aromatic carbocycles. The number of hydrogen-bond acceptors (Lipinski definition) is 4. The van der Waals surface area contributed by atoms with E-state index in [0.717, 1.165) is 34.6 Å². The van der Waals surface area contributed by atoms with Crippen LogP contribution in [0.3, 0.4) is 0 Å². The molecule has 5 rings (SSSR count). The first-order valence-corrected chi connectivity index (χ1v) is 14.1. The molecule has 0 bridgehead atoms. The van der Waals surface area contributed by atoms with Gasteiger partial charge in [-0.1, -0.05) is 110 Å². The van der Waals surface area contributed by atoms with Crippen molar-refractivity contribution in [2.45, 2.75) is 58.4 Å². The zero-order chi connectivity index (χ0) is 27.6. The molecule has 206 valence electrons. The van der Waals surface area contributed by atoms with Crippen LogP contribution in [0.4, 0.5) is 0 Å². The average Bonchev–Trinajstić information content (AvgIpc) is 3.01. The maximum absolute atomic E-state index is 6.61. The lowest BCUT2D eigenvalue weighted by atomic mass is 9.81. The molecule has 0 aliphatic heterocycles. The number of hydrogen-bond donors (Lipinski definition) is 0. The molecule has 1 aliphatic carbocycles. The molecule has 0 fully saturated rings. The Morgan fingerprint density at radius 1 is 0.550 bits per heavy atom. The Morgan fingerprint density at radius 3 is 1.55 bits per heavy atom. The van der Waals surface area contributed by atoms with Crippen LogP contribution in [0.2, 0.25) is 0 Å². The third-order valence-electron chi connectivity index (χ3n) is 7.43. The number of ether oxygens (including phenoxy) is 4. The van der Waals surface area contributed by atoms with Crippen LogP contribution in [-0.4, -0.2) is 18.3 Å². The van der Waals surface area contributed by atoms with E-state index in [2.05, 4.69) is 56.3 Å². The highest BCUT2D eigenvalue weighted by Crippen LogP contribution is 2.35. The molecule has 0 spiro atoms. The second-order valence-corrected chi connectivity index (χ2v) is 10.2. The van der Waals surface area contributed by atoms with Gasteiger partial charge in [0, 0.05) is 5.92 Å². The Balaban J connectivity index is 1.33. The Kier molecular flexibility index (Phi) is 9.68. The fourth-order valence-corrected chi connectivity index (χ4v) is 5.16. The quantitative estimate of drug-likeness (QED) is 0.172. The maximum Gasteiger partial charge on any atom is 0.146 e. The smallest absolute Gasteiger partial charge is 0.146 e. The average molecular weight is 535 g/mol. The predicted octanol–water partition coefficient (Wildman–Crippen LogP) is 8.17. The summed E-state index contributed by atoms with van der Waals surface area (Å²) in [5.41, 5.74) is 4.73. The number of rotatable bonds is 12. The van der Waals surface area contributed by atoms with E-state index in [0.29, 0.717) is 19.8 Å². The molecule has 0 unspecified atom stereocenters. The van der Waals surface area contributed by atoms with E-state index in [4.69, 9.17) is 18.9 Å². The van der Waals surface area contributed by atoms with Crippen molar-refractivity contribution in [1.82, 2.24) is 0 Å². The maximum atomic E-state index is 6.61. The molecule has 4 aromatic rings. The van der Waals surface area contributed by atoms with E-state index in [1.807, 2.05) is 78.9 Å². The molecule has 4 heteroatoms. The van der Waals surface area contributed by atoms with Crippen LogP contribution in [0.1, 0.15) is 37.0 Å². The van der Waals surface area contributed by atoms with Crippen LogP contribution in [-0.2, 0) is 29.3 Å². The molecular formula is C36H38O4. The van der Waals surface area contributed by atoms with E-state index >= 15 is 0 Å². The largest absolute Gasteiger partial charge is 0.489 e. The van der Waals surface area contributed by atoms with Crippen molar-refractivity contribution in [2.24, 2.45) is 5.92 Å². The minimum Gasteiger partial charge on any atom is -0.489 e. The van der Waals surface area contributed by atoms with Crippen molar-refractivity contribution >= 4 is 0 Å². The molecule has 0 radical (unpaired) electrons. The van der Waals surface area contributed by atoms with Gasteiger partial charge in [0.1, 0.15) is 30.3 Å². The SMILES string of the molecule is CCC1=C[C@@H](Oc2ccc(OCc3ccccc3)cc2)[C@H](OCc2ccccc2)[C@@H](OCc2ccccc2)[C@@H]1C. The fraction of sp³-hybridized carbons (Fsp3) is 0.278. The molecule has 1 aliphatic rings. The van der Waals surface area contributed by atoms with Crippen LogP contribution in [0, 0.1) is 5.92 Å². The van der Waals surface area contributed by atoms with Crippen LogP contribution in [0.15, 0.2) is 127 Å². The minimum atomic E-state index is -0.285. The summed E-state index contributed by atoms with van der Waals surface area (Å²) in [6.07, 6.45) is 2.46. The normalized spacial score (nSPS) is 20.5. The van der Waals surface area contributed by atoms with E-state index in [1.165, 1.54) is 5.57 Å². The standard InChI is InChI=1S/C36H38O4/c1-3-31-23-34(40-33-21-19-32(20-22-33)37-24-28-13-7-4-8-14-28)36(39-26-30-17-11-6-12-18-30)35(27(31)2)38-25-29-15-9-5-10-16-29/h4-23,27,34-36H,3,24-26H2,1-2H3/t27-,34-,35+,36+/m1/s1. The molecule has 40 heavy (non-hydrogen) atoms. The monoisotopic (exact) mass is 534 g/mol. The highest BCUT2D eigenvalue weighted by Gasteiger charge is 2.40. The van der Waals surface area contributed by atoms with Crippen LogP contribution in [0.5, 0.6) is 11.5 Å². The van der Waals surface area contributed by atoms with Crippen LogP contribution >= 0.6 is 0 Å². The summed E-state index contributed by atoms with van der Waals surface area (Å²) >= 11 is 0. The zero-order valence-corrected chi connectivity index (χ0v) is 23.3. The van der Waals surface area contributed by atoms with Crippen LogP contribution in [0.25, 0.3) is 0 Å². The predicted molar refractivity (Wildman–Crippen MR) is 159 cm³/mol. The molecule has 4 atom stereocenters. The second kappa shape index (κ2) is 14.0. The van der Waals surface area contributed by atoms with Crippen molar-refractivity contribution in [3.05, 3.63) is 144 Å². The lowest BCUT2D eigenvalue weighted by molar-refractivity contribution is -0.135. The van der Waals surface area contributed by atoms with Gasteiger partial charge in [-0.25, -0.2) is 0 Å². The second-order valence-electron chi connectivity index (χ2n) is 10.2. The lowest BCUT2D eigenvalue weighted by Gasteiger charge is -2.40. The Hall–Kier alpha value is -3.86. The van der Waals surface area contributed by atoms with E-state index < -0.39 is 0 Å². The third kappa shape index (κ3) is 7.41. The van der Waals surface area contributed by atoms with E-state index in [-0.39, 0.29) is 24.2 Å². The molecule has 0 amide bonds. The van der Waals surface area contributed by atoms with Gasteiger partial charge in [0.05, 0.1) is 19.3 Å². The van der Waals surface area contributed by atoms with Gasteiger partial charge >= 0.3 is 0 Å².